The van der Waals surface area contributed by atoms with Crippen LogP contribution in [-0.4, -0.2) is 29.3 Å². The van der Waals surface area contributed by atoms with Gasteiger partial charge in [0.15, 0.2) is 0 Å². The number of halogens is 2. The number of carbonyl (C=O) groups is 1. The Morgan fingerprint density at radius 1 is 1.25 bits per heavy atom. The lowest BCUT2D eigenvalue weighted by Gasteiger charge is -2.29. The first-order valence-electron chi connectivity index (χ1n) is 5.36. The summed E-state index contributed by atoms with van der Waals surface area (Å²) in [6.07, 6.45) is 1.66. The third-order valence-corrected chi connectivity index (χ3v) is 3.24. The minimum absolute atomic E-state index is 0.0384. The average molecular weight is 242 g/mol. The lowest BCUT2D eigenvalue weighted by molar-refractivity contribution is 0.0726. The smallest absolute Gasteiger partial charge is 0.253 e. The third-order valence-electron chi connectivity index (χ3n) is 2.80. The maximum absolute atomic E-state index is 12.7. The fourth-order valence-corrected chi connectivity index (χ4v) is 2.02. The van der Waals surface area contributed by atoms with Crippen LogP contribution in [-0.2, 0) is 0 Å². The van der Waals surface area contributed by atoms with Crippen LogP contribution in [0.1, 0.15) is 23.2 Å². The molecule has 0 bridgehead atoms. The lowest BCUT2D eigenvalue weighted by Crippen LogP contribution is -2.38. The summed E-state index contributed by atoms with van der Waals surface area (Å²) in [4.78, 5) is 13.7. The summed E-state index contributed by atoms with van der Waals surface area (Å²) < 4.78 is 12.7. The van der Waals surface area contributed by atoms with Gasteiger partial charge < -0.3 is 4.90 Å². The van der Waals surface area contributed by atoms with E-state index in [-0.39, 0.29) is 17.1 Å². The fraction of sp³-hybridized carbons (Fsp3) is 0.417. The van der Waals surface area contributed by atoms with E-state index >= 15 is 0 Å². The van der Waals surface area contributed by atoms with Gasteiger partial charge in [0, 0.05) is 24.0 Å². The van der Waals surface area contributed by atoms with E-state index < -0.39 is 0 Å². The van der Waals surface area contributed by atoms with Crippen LogP contribution in [0.3, 0.4) is 0 Å². The van der Waals surface area contributed by atoms with E-state index in [0.717, 1.165) is 12.8 Å². The Kier molecular flexibility index (Phi) is 3.44. The Balaban J connectivity index is 2.05. The summed E-state index contributed by atoms with van der Waals surface area (Å²) in [5.41, 5.74) is 0.537. The largest absolute Gasteiger partial charge is 0.339 e. The molecule has 1 heterocycles. The van der Waals surface area contributed by atoms with Gasteiger partial charge >= 0.3 is 0 Å². The minimum atomic E-state index is -0.323. The summed E-state index contributed by atoms with van der Waals surface area (Å²) in [7, 11) is 0. The third kappa shape index (κ3) is 2.53. The summed E-state index contributed by atoms with van der Waals surface area (Å²) in [5.74, 6) is -0.361. The van der Waals surface area contributed by atoms with Crippen LogP contribution in [0.25, 0.3) is 0 Å². The van der Waals surface area contributed by atoms with Crippen LogP contribution in [0.15, 0.2) is 24.3 Å². The summed E-state index contributed by atoms with van der Waals surface area (Å²) in [6.45, 7) is 1.37. The molecule has 0 aliphatic carbocycles. The number of rotatable bonds is 1. The van der Waals surface area contributed by atoms with Gasteiger partial charge in [-0.25, -0.2) is 4.39 Å². The lowest BCUT2D eigenvalue weighted by atomic mass is 10.1. The molecule has 2 nitrogen and oxygen atoms in total. The number of carbonyl (C=O) groups excluding carboxylic acids is 1. The summed E-state index contributed by atoms with van der Waals surface area (Å²) in [6, 6.07) is 5.65. The topological polar surface area (TPSA) is 20.3 Å². The highest BCUT2D eigenvalue weighted by molar-refractivity contribution is 6.20. The zero-order valence-corrected chi connectivity index (χ0v) is 9.58. The second-order valence-corrected chi connectivity index (χ2v) is 4.59. The SMILES string of the molecule is O=C(c1ccc(F)cc1)N1CCC(Cl)CC1. The van der Waals surface area contributed by atoms with Crippen LogP contribution in [0.2, 0.25) is 0 Å². The number of benzene rings is 1. The quantitative estimate of drug-likeness (QED) is 0.693. The minimum Gasteiger partial charge on any atom is -0.339 e. The van der Waals surface area contributed by atoms with Crippen molar-refractivity contribution >= 4 is 17.5 Å². The highest BCUT2D eigenvalue weighted by Crippen LogP contribution is 2.17. The second-order valence-electron chi connectivity index (χ2n) is 3.97. The molecule has 1 amide bonds. The predicted molar refractivity (Wildman–Crippen MR) is 61.2 cm³/mol. The van der Waals surface area contributed by atoms with E-state index in [1.54, 1.807) is 4.90 Å². The molecule has 1 aromatic carbocycles. The first kappa shape index (κ1) is 11.4. The molecule has 0 unspecified atom stereocenters. The van der Waals surface area contributed by atoms with E-state index in [4.69, 9.17) is 11.6 Å². The standard InChI is InChI=1S/C12H13ClFNO/c13-10-5-7-15(8-6-10)12(16)9-1-3-11(14)4-2-9/h1-4,10H,5-8H2. The van der Waals surface area contributed by atoms with Crippen LogP contribution in [0, 0.1) is 5.82 Å². The van der Waals surface area contributed by atoms with Gasteiger partial charge in [-0.15, -0.1) is 11.6 Å². The molecule has 0 N–H and O–H groups in total. The van der Waals surface area contributed by atoms with E-state index in [1.807, 2.05) is 0 Å². The molecule has 4 heteroatoms. The zero-order chi connectivity index (χ0) is 11.5. The number of alkyl halides is 1. The Hall–Kier alpha value is -1.09. The first-order valence-corrected chi connectivity index (χ1v) is 5.79. The van der Waals surface area contributed by atoms with Gasteiger partial charge in [0.2, 0.25) is 0 Å². The molecule has 1 saturated heterocycles. The Morgan fingerprint density at radius 3 is 2.38 bits per heavy atom. The number of amides is 1. The molecule has 16 heavy (non-hydrogen) atoms. The molecule has 0 atom stereocenters. The molecule has 0 saturated carbocycles. The molecular formula is C12H13ClFNO. The summed E-state index contributed by atoms with van der Waals surface area (Å²) in [5, 5.41) is 0.178. The molecule has 1 aromatic rings. The van der Waals surface area contributed by atoms with E-state index in [2.05, 4.69) is 0 Å². The van der Waals surface area contributed by atoms with Crippen molar-refractivity contribution in [2.24, 2.45) is 0 Å². The van der Waals surface area contributed by atoms with Gasteiger partial charge in [-0.05, 0) is 37.1 Å². The van der Waals surface area contributed by atoms with Gasteiger partial charge in [0.05, 0.1) is 0 Å². The second kappa shape index (κ2) is 4.83. The van der Waals surface area contributed by atoms with Crippen molar-refractivity contribution in [1.82, 2.24) is 4.90 Å². The van der Waals surface area contributed by atoms with Gasteiger partial charge in [0.25, 0.3) is 5.91 Å². The van der Waals surface area contributed by atoms with E-state index in [1.165, 1.54) is 24.3 Å². The molecule has 0 radical (unpaired) electrons. The van der Waals surface area contributed by atoms with Crippen molar-refractivity contribution in [2.75, 3.05) is 13.1 Å². The van der Waals surface area contributed by atoms with Crippen molar-refractivity contribution in [1.29, 1.82) is 0 Å². The first-order chi connectivity index (χ1) is 7.66. The fourth-order valence-electron chi connectivity index (χ4n) is 1.83. The van der Waals surface area contributed by atoms with Crippen LogP contribution < -0.4 is 0 Å². The van der Waals surface area contributed by atoms with Gasteiger partial charge in [0.1, 0.15) is 5.82 Å². The van der Waals surface area contributed by atoms with E-state index in [9.17, 15) is 9.18 Å². The molecule has 1 fully saturated rings. The monoisotopic (exact) mass is 241 g/mol. The Morgan fingerprint density at radius 2 is 1.81 bits per heavy atom. The normalized spacial score (nSPS) is 17.5. The predicted octanol–water partition coefficient (Wildman–Crippen LogP) is 2.67. The average Bonchev–Trinajstić information content (AvgIpc) is 2.30. The van der Waals surface area contributed by atoms with Crippen LogP contribution in [0.4, 0.5) is 4.39 Å². The zero-order valence-electron chi connectivity index (χ0n) is 8.83. The molecule has 1 aliphatic heterocycles. The van der Waals surface area contributed by atoms with Gasteiger partial charge in [-0.2, -0.15) is 0 Å². The molecule has 0 aromatic heterocycles. The summed E-state index contributed by atoms with van der Waals surface area (Å²) >= 11 is 5.97. The molecule has 2 rings (SSSR count). The van der Waals surface area contributed by atoms with Crippen LogP contribution >= 0.6 is 11.6 Å². The maximum atomic E-state index is 12.7. The highest BCUT2D eigenvalue weighted by atomic mass is 35.5. The van der Waals surface area contributed by atoms with Crippen molar-refractivity contribution in [3.63, 3.8) is 0 Å². The van der Waals surface area contributed by atoms with Crippen molar-refractivity contribution in [2.45, 2.75) is 18.2 Å². The number of piperidine rings is 1. The Bertz CT molecular complexity index is 371. The van der Waals surface area contributed by atoms with Crippen molar-refractivity contribution in [3.8, 4) is 0 Å². The molecule has 86 valence electrons. The number of nitrogens with zero attached hydrogens (tertiary/aromatic N) is 1. The Labute approximate surface area is 99.0 Å². The number of likely N-dealkylation sites (tertiary alicyclic amines) is 1. The maximum Gasteiger partial charge on any atom is 0.253 e. The number of hydrogen-bond acceptors (Lipinski definition) is 1. The molecule has 1 aliphatic rings. The van der Waals surface area contributed by atoms with Gasteiger partial charge in [-0.1, -0.05) is 0 Å². The van der Waals surface area contributed by atoms with Crippen molar-refractivity contribution < 1.29 is 9.18 Å². The molecule has 0 spiro atoms. The molecular weight excluding hydrogens is 229 g/mol. The number of hydrogen-bond donors (Lipinski definition) is 0. The highest BCUT2D eigenvalue weighted by Gasteiger charge is 2.22. The van der Waals surface area contributed by atoms with Gasteiger partial charge in [-0.3, -0.25) is 4.79 Å². The van der Waals surface area contributed by atoms with E-state index in [0.29, 0.717) is 18.7 Å². The van der Waals surface area contributed by atoms with Crippen LogP contribution in [0.5, 0.6) is 0 Å². The van der Waals surface area contributed by atoms with Crippen molar-refractivity contribution in [3.05, 3.63) is 35.6 Å².